The van der Waals surface area contributed by atoms with E-state index < -0.39 is 27.0 Å². The fourth-order valence-corrected chi connectivity index (χ4v) is 4.92. The molecule has 150 valence electrons. The van der Waals surface area contributed by atoms with Crippen LogP contribution >= 0.6 is 0 Å². The van der Waals surface area contributed by atoms with Crippen LogP contribution in [0, 0.1) is 23.0 Å². The Hall–Kier alpha value is -3.13. The second-order valence-electron chi connectivity index (χ2n) is 6.84. The second kappa shape index (κ2) is 7.04. The molecule has 0 bridgehead atoms. The van der Waals surface area contributed by atoms with Gasteiger partial charge >= 0.3 is 0 Å². The number of carbonyl (C=O) groups excluding carboxylic acids is 1. The van der Waals surface area contributed by atoms with E-state index >= 15 is 0 Å². The van der Waals surface area contributed by atoms with Crippen molar-refractivity contribution in [2.45, 2.75) is 17.9 Å². The number of aromatic nitrogens is 2. The number of nitrogens with zero attached hydrogens (tertiary/aromatic N) is 4. The molecular formula is C18H15F2N5O3S. The summed E-state index contributed by atoms with van der Waals surface area (Å²) in [6.07, 6.45) is 0.195. The molecule has 2 aliphatic rings. The van der Waals surface area contributed by atoms with Crippen LogP contribution < -0.4 is 10.2 Å². The van der Waals surface area contributed by atoms with Gasteiger partial charge in [0, 0.05) is 31.6 Å². The molecule has 2 aromatic rings. The minimum Gasteiger partial charge on any atom is -0.354 e. The third kappa shape index (κ3) is 3.63. The molecule has 1 saturated heterocycles. The van der Waals surface area contributed by atoms with Gasteiger partial charge in [-0.15, -0.1) is 0 Å². The van der Waals surface area contributed by atoms with E-state index in [1.54, 1.807) is 11.0 Å². The van der Waals surface area contributed by atoms with Crippen LogP contribution in [0.15, 0.2) is 12.1 Å². The first-order valence-corrected chi connectivity index (χ1v) is 10.6. The van der Waals surface area contributed by atoms with E-state index in [4.69, 9.17) is 5.26 Å². The van der Waals surface area contributed by atoms with Gasteiger partial charge in [0.1, 0.15) is 23.5 Å². The van der Waals surface area contributed by atoms with Crippen LogP contribution in [0.5, 0.6) is 0 Å². The summed E-state index contributed by atoms with van der Waals surface area (Å²) in [6.45, 7) is 1.04. The molecule has 0 aliphatic carbocycles. The maximum atomic E-state index is 14.5. The summed E-state index contributed by atoms with van der Waals surface area (Å²) in [5, 5.41) is 11.6. The lowest BCUT2D eigenvalue weighted by Gasteiger charge is -2.23. The molecule has 2 aliphatic heterocycles. The number of nitriles is 1. The standard InChI is InChI=1S/C18H15F2N5O3S/c19-13-6-11(14(20)5-10(13)7-21)17-23-15-9-29(27,28)8-12(15)18(24-17)25-3-1-16(26)22-2-4-25/h5-6H,1-4,8-9H2,(H,22,26). The quantitative estimate of drug-likeness (QED) is 0.773. The molecule has 11 heteroatoms. The maximum absolute atomic E-state index is 14.5. The Morgan fingerprint density at radius 2 is 1.93 bits per heavy atom. The molecule has 4 rings (SSSR count). The van der Waals surface area contributed by atoms with E-state index in [-0.39, 0.29) is 40.9 Å². The predicted octanol–water partition coefficient (Wildman–Crippen LogP) is 1.05. The average molecular weight is 419 g/mol. The summed E-state index contributed by atoms with van der Waals surface area (Å²) in [7, 11) is -3.44. The molecule has 0 saturated carbocycles. The zero-order valence-corrected chi connectivity index (χ0v) is 15.9. The minimum atomic E-state index is -3.44. The SMILES string of the molecule is N#Cc1cc(F)c(-c2nc3c(c(N4CCNC(=O)CC4)n2)CS(=O)(=O)C3)cc1F. The van der Waals surface area contributed by atoms with Crippen molar-refractivity contribution < 1.29 is 22.0 Å². The van der Waals surface area contributed by atoms with Crippen LogP contribution in [0.3, 0.4) is 0 Å². The van der Waals surface area contributed by atoms with Crippen molar-refractivity contribution in [1.29, 1.82) is 5.26 Å². The first-order valence-electron chi connectivity index (χ1n) is 8.79. The number of carbonyl (C=O) groups is 1. The Morgan fingerprint density at radius 1 is 1.14 bits per heavy atom. The van der Waals surface area contributed by atoms with Gasteiger partial charge in [0.05, 0.1) is 28.3 Å². The summed E-state index contributed by atoms with van der Waals surface area (Å²) in [4.78, 5) is 21.9. The number of anilines is 1. The highest BCUT2D eigenvalue weighted by atomic mass is 32.2. The molecule has 0 atom stereocenters. The van der Waals surface area contributed by atoms with Crippen molar-refractivity contribution >= 4 is 21.6 Å². The minimum absolute atomic E-state index is 0.133. The molecule has 29 heavy (non-hydrogen) atoms. The van der Waals surface area contributed by atoms with Gasteiger partial charge in [-0.1, -0.05) is 0 Å². The van der Waals surface area contributed by atoms with Crippen LogP contribution in [-0.2, 0) is 26.1 Å². The molecule has 3 heterocycles. The van der Waals surface area contributed by atoms with E-state index in [9.17, 15) is 22.0 Å². The summed E-state index contributed by atoms with van der Waals surface area (Å²) in [5.41, 5.74) is -0.0680. The predicted molar refractivity (Wildman–Crippen MR) is 98.3 cm³/mol. The Bertz CT molecular complexity index is 1180. The van der Waals surface area contributed by atoms with E-state index in [1.807, 2.05) is 0 Å². The van der Waals surface area contributed by atoms with Gasteiger partial charge in [0.15, 0.2) is 15.7 Å². The van der Waals surface area contributed by atoms with Crippen LogP contribution in [-0.4, -0.2) is 43.9 Å². The first kappa shape index (κ1) is 19.2. The van der Waals surface area contributed by atoms with E-state index in [0.29, 0.717) is 31.0 Å². The molecule has 1 amide bonds. The van der Waals surface area contributed by atoms with Gasteiger partial charge < -0.3 is 10.2 Å². The van der Waals surface area contributed by atoms with Crippen LogP contribution in [0.4, 0.5) is 14.6 Å². The molecule has 1 aromatic carbocycles. The lowest BCUT2D eigenvalue weighted by Crippen LogP contribution is -2.30. The molecule has 0 radical (unpaired) electrons. The normalized spacial score (nSPS) is 18.0. The van der Waals surface area contributed by atoms with Crippen molar-refractivity contribution in [1.82, 2.24) is 15.3 Å². The summed E-state index contributed by atoms with van der Waals surface area (Å²) >= 11 is 0. The number of rotatable bonds is 2. The highest BCUT2D eigenvalue weighted by Crippen LogP contribution is 2.34. The van der Waals surface area contributed by atoms with Gasteiger partial charge in [0.25, 0.3) is 0 Å². The van der Waals surface area contributed by atoms with Crippen LogP contribution in [0.2, 0.25) is 0 Å². The second-order valence-corrected chi connectivity index (χ2v) is 8.90. The largest absolute Gasteiger partial charge is 0.354 e. The zero-order chi connectivity index (χ0) is 20.8. The summed E-state index contributed by atoms with van der Waals surface area (Å²) < 4.78 is 52.9. The molecule has 8 nitrogen and oxygen atoms in total. The molecule has 1 N–H and O–H groups in total. The van der Waals surface area contributed by atoms with Crippen LogP contribution in [0.25, 0.3) is 11.4 Å². The van der Waals surface area contributed by atoms with E-state index in [2.05, 4.69) is 15.3 Å². The van der Waals surface area contributed by atoms with Crippen LogP contribution in [0.1, 0.15) is 23.2 Å². The summed E-state index contributed by atoms with van der Waals surface area (Å²) in [6, 6.07) is 3.14. The zero-order valence-electron chi connectivity index (χ0n) is 15.1. The number of fused-ring (bicyclic) bond motifs is 1. The van der Waals surface area contributed by atoms with Crippen molar-refractivity contribution in [3.63, 3.8) is 0 Å². The number of hydrogen-bond acceptors (Lipinski definition) is 7. The van der Waals surface area contributed by atoms with Crippen molar-refractivity contribution in [2.75, 3.05) is 24.5 Å². The Kier molecular flexibility index (Phi) is 4.66. The van der Waals surface area contributed by atoms with Gasteiger partial charge in [-0.2, -0.15) is 5.26 Å². The molecule has 1 fully saturated rings. The van der Waals surface area contributed by atoms with Gasteiger partial charge in [-0.05, 0) is 12.1 Å². The van der Waals surface area contributed by atoms with Crippen molar-refractivity contribution in [2.24, 2.45) is 0 Å². The monoisotopic (exact) mass is 419 g/mol. The Morgan fingerprint density at radius 3 is 2.69 bits per heavy atom. The summed E-state index contributed by atoms with van der Waals surface area (Å²) in [5.74, 6) is -2.39. The molecule has 0 unspecified atom stereocenters. The lowest BCUT2D eigenvalue weighted by atomic mass is 10.1. The van der Waals surface area contributed by atoms with Gasteiger partial charge in [-0.25, -0.2) is 27.2 Å². The van der Waals surface area contributed by atoms with Gasteiger partial charge in [0.2, 0.25) is 5.91 Å². The van der Waals surface area contributed by atoms with Gasteiger partial charge in [-0.3, -0.25) is 4.79 Å². The third-order valence-corrected chi connectivity index (χ3v) is 6.26. The number of amides is 1. The molecule has 0 spiro atoms. The highest BCUT2D eigenvalue weighted by Gasteiger charge is 2.33. The number of sulfone groups is 1. The Balaban J connectivity index is 1.87. The number of halogens is 2. The molecule has 1 aromatic heterocycles. The molecular weight excluding hydrogens is 404 g/mol. The van der Waals surface area contributed by atoms with E-state index in [1.165, 1.54) is 0 Å². The fraction of sp³-hybridized carbons (Fsp3) is 0.333. The van der Waals surface area contributed by atoms with E-state index in [0.717, 1.165) is 12.1 Å². The highest BCUT2D eigenvalue weighted by molar-refractivity contribution is 7.90. The third-order valence-electron chi connectivity index (χ3n) is 4.82. The number of benzene rings is 1. The Labute approximate surface area is 165 Å². The number of hydrogen-bond donors (Lipinski definition) is 1. The number of nitrogens with one attached hydrogen (secondary N) is 1. The topological polar surface area (TPSA) is 116 Å². The van der Waals surface area contributed by atoms with Crippen molar-refractivity contribution in [3.8, 4) is 17.5 Å². The smallest absolute Gasteiger partial charge is 0.221 e. The maximum Gasteiger partial charge on any atom is 0.221 e. The average Bonchev–Trinajstić information content (AvgIpc) is 2.82. The fourth-order valence-electron chi connectivity index (χ4n) is 3.43. The first-order chi connectivity index (χ1) is 13.8. The van der Waals surface area contributed by atoms with Crippen molar-refractivity contribution in [3.05, 3.63) is 40.6 Å². The lowest BCUT2D eigenvalue weighted by molar-refractivity contribution is -0.120.